The Kier molecular flexibility index (Phi) is 5.94. The van der Waals surface area contributed by atoms with Crippen molar-refractivity contribution in [1.82, 2.24) is 14.5 Å². The number of anilines is 1. The first-order valence-corrected chi connectivity index (χ1v) is 13.5. The van der Waals surface area contributed by atoms with Crippen molar-refractivity contribution in [2.75, 3.05) is 5.32 Å². The fourth-order valence-electron chi connectivity index (χ4n) is 4.46. The van der Waals surface area contributed by atoms with Gasteiger partial charge in [-0.15, -0.1) is 0 Å². The van der Waals surface area contributed by atoms with Crippen molar-refractivity contribution in [2.24, 2.45) is 0 Å². The number of rotatable bonds is 6. The number of carbonyl (C=O) groups excluding carboxylic acids is 1. The predicted molar refractivity (Wildman–Crippen MR) is 147 cm³/mol. The average molecular weight is 519 g/mol. The Morgan fingerprint density at radius 1 is 0.711 bits per heavy atom. The Morgan fingerprint density at radius 2 is 1.26 bits per heavy atom. The predicted octanol–water partition coefficient (Wildman–Crippen LogP) is 5.72. The van der Waals surface area contributed by atoms with E-state index in [1.807, 2.05) is 54.6 Å². The maximum absolute atomic E-state index is 14.2. The number of fused-ring (bicyclic) bond motifs is 2. The van der Waals surface area contributed by atoms with Gasteiger partial charge in [-0.3, -0.25) is 4.79 Å². The molecule has 2 heterocycles. The van der Waals surface area contributed by atoms with Crippen LogP contribution < -0.4 is 5.32 Å². The van der Waals surface area contributed by atoms with Crippen LogP contribution in [-0.2, 0) is 16.4 Å². The van der Waals surface area contributed by atoms with Crippen LogP contribution in [0.5, 0.6) is 0 Å². The van der Waals surface area contributed by atoms with Gasteiger partial charge in [0.05, 0.1) is 22.5 Å². The third kappa shape index (κ3) is 4.21. The summed E-state index contributed by atoms with van der Waals surface area (Å²) < 4.78 is 30.0. The van der Waals surface area contributed by atoms with Crippen LogP contribution in [0.4, 0.5) is 5.82 Å². The first-order valence-electron chi connectivity index (χ1n) is 12.0. The molecule has 1 N–H and O–H groups in total. The summed E-state index contributed by atoms with van der Waals surface area (Å²) in [6, 6.07) is 33.7. The van der Waals surface area contributed by atoms with Gasteiger partial charge in [0.25, 0.3) is 5.91 Å². The van der Waals surface area contributed by atoms with Crippen molar-refractivity contribution in [2.45, 2.75) is 16.3 Å². The number of nitrogens with zero attached hydrogens (tertiary/aromatic N) is 3. The van der Waals surface area contributed by atoms with Gasteiger partial charge in [-0.2, -0.15) is 0 Å². The second kappa shape index (κ2) is 9.57. The van der Waals surface area contributed by atoms with E-state index < -0.39 is 15.7 Å². The van der Waals surface area contributed by atoms with Crippen LogP contribution in [0.15, 0.2) is 125 Å². The number of hydrogen-bond donors (Lipinski definition) is 1. The minimum Gasteiger partial charge on any atom is -0.307 e. The Bertz CT molecular complexity index is 1890. The van der Waals surface area contributed by atoms with E-state index in [-0.39, 0.29) is 27.7 Å². The summed E-state index contributed by atoms with van der Waals surface area (Å²) >= 11 is 0. The zero-order chi connectivity index (χ0) is 26.1. The maximum atomic E-state index is 14.2. The molecule has 0 radical (unpaired) electrons. The van der Waals surface area contributed by atoms with Gasteiger partial charge in [-0.25, -0.2) is 18.4 Å². The molecule has 0 saturated heterocycles. The molecule has 0 aliphatic heterocycles. The average Bonchev–Trinajstić information content (AvgIpc) is 3.25. The van der Waals surface area contributed by atoms with Gasteiger partial charge >= 0.3 is 0 Å². The lowest BCUT2D eigenvalue weighted by atomic mass is 10.2. The summed E-state index contributed by atoms with van der Waals surface area (Å²) in [5.74, 6) is -0.311. The minimum absolute atomic E-state index is 0.0860. The minimum atomic E-state index is -4.10. The number of sulfone groups is 1. The molecule has 0 saturated carbocycles. The Labute approximate surface area is 219 Å². The van der Waals surface area contributed by atoms with E-state index in [0.29, 0.717) is 22.2 Å². The van der Waals surface area contributed by atoms with Crippen molar-refractivity contribution >= 4 is 43.8 Å². The van der Waals surface area contributed by atoms with Crippen molar-refractivity contribution in [1.29, 1.82) is 0 Å². The topological polar surface area (TPSA) is 93.9 Å². The highest BCUT2D eigenvalue weighted by atomic mass is 32.2. The number of carbonyl (C=O) groups is 1. The van der Waals surface area contributed by atoms with E-state index in [1.165, 1.54) is 12.1 Å². The van der Waals surface area contributed by atoms with Crippen LogP contribution in [0.1, 0.15) is 15.9 Å². The molecule has 0 aliphatic rings. The standard InChI is InChI=1S/C30H22N4O3S/c35-30(22-14-6-2-7-15-22)33-29-27(38(36,37)23-16-8-3-9-17-23)26-28(32-25-19-11-10-18-24(25)31-26)34(29)20-21-12-4-1-5-13-21/h1-19H,20H2,(H,33,35). The molecule has 186 valence electrons. The second-order valence-corrected chi connectivity index (χ2v) is 10.7. The third-order valence-corrected chi connectivity index (χ3v) is 8.10. The lowest BCUT2D eigenvalue weighted by Gasteiger charge is -2.14. The van der Waals surface area contributed by atoms with Gasteiger partial charge in [0.1, 0.15) is 16.2 Å². The van der Waals surface area contributed by atoms with E-state index in [0.717, 1.165) is 5.56 Å². The third-order valence-electron chi connectivity index (χ3n) is 6.28. The van der Waals surface area contributed by atoms with Crippen molar-refractivity contribution < 1.29 is 13.2 Å². The van der Waals surface area contributed by atoms with Crippen LogP contribution in [0, 0.1) is 0 Å². The van der Waals surface area contributed by atoms with Crippen LogP contribution in [0.3, 0.4) is 0 Å². The molecule has 0 unspecified atom stereocenters. The SMILES string of the molecule is O=C(Nc1c(S(=O)(=O)c2ccccc2)c2nc3ccccc3nc2n1Cc1ccccc1)c1ccccc1. The highest BCUT2D eigenvalue weighted by molar-refractivity contribution is 7.92. The lowest BCUT2D eigenvalue weighted by molar-refractivity contribution is 0.102. The van der Waals surface area contributed by atoms with Gasteiger partial charge in [0.2, 0.25) is 9.84 Å². The summed E-state index contributed by atoms with van der Waals surface area (Å²) in [6.45, 7) is 0.277. The summed E-state index contributed by atoms with van der Waals surface area (Å²) in [4.78, 5) is 23.0. The Hall–Kier alpha value is -4.82. The summed E-state index contributed by atoms with van der Waals surface area (Å²) in [6.07, 6.45) is 0. The van der Waals surface area contributed by atoms with Crippen LogP contribution in [0.25, 0.3) is 22.2 Å². The van der Waals surface area contributed by atoms with Crippen LogP contribution in [-0.4, -0.2) is 28.9 Å². The van der Waals surface area contributed by atoms with Crippen LogP contribution in [0.2, 0.25) is 0 Å². The monoisotopic (exact) mass is 518 g/mol. The molecule has 0 spiro atoms. The van der Waals surface area contributed by atoms with Crippen molar-refractivity contribution in [3.05, 3.63) is 126 Å². The number of amides is 1. The fourth-order valence-corrected chi connectivity index (χ4v) is 6.02. The molecule has 6 aromatic rings. The fraction of sp³-hybridized carbons (Fsp3) is 0.0333. The zero-order valence-electron chi connectivity index (χ0n) is 20.2. The summed E-state index contributed by atoms with van der Waals surface area (Å²) in [5, 5.41) is 2.90. The van der Waals surface area contributed by atoms with Gasteiger partial charge in [0.15, 0.2) is 5.65 Å². The molecule has 6 rings (SSSR count). The molecule has 0 aliphatic carbocycles. The molecule has 4 aromatic carbocycles. The largest absolute Gasteiger partial charge is 0.307 e. The molecular weight excluding hydrogens is 496 g/mol. The molecular formula is C30H22N4O3S. The molecule has 0 bridgehead atoms. The number of para-hydroxylation sites is 2. The number of nitrogens with one attached hydrogen (secondary N) is 1. The number of benzene rings is 4. The molecule has 0 atom stereocenters. The van der Waals surface area contributed by atoms with Gasteiger partial charge in [-0.1, -0.05) is 78.9 Å². The molecule has 38 heavy (non-hydrogen) atoms. The van der Waals surface area contributed by atoms with Gasteiger partial charge in [0, 0.05) is 5.56 Å². The van der Waals surface area contributed by atoms with E-state index in [4.69, 9.17) is 9.97 Å². The number of aromatic nitrogens is 3. The highest BCUT2D eigenvalue weighted by Crippen LogP contribution is 2.37. The summed E-state index contributed by atoms with van der Waals surface area (Å²) in [5.41, 5.74) is 3.06. The van der Waals surface area contributed by atoms with E-state index in [9.17, 15) is 13.2 Å². The van der Waals surface area contributed by atoms with Gasteiger partial charge in [-0.05, 0) is 42.0 Å². The first kappa shape index (κ1) is 23.6. The number of hydrogen-bond acceptors (Lipinski definition) is 5. The van der Waals surface area contributed by atoms with E-state index in [1.54, 1.807) is 53.1 Å². The summed E-state index contributed by atoms with van der Waals surface area (Å²) in [7, 11) is -4.10. The Balaban J connectivity index is 1.68. The van der Waals surface area contributed by atoms with E-state index >= 15 is 0 Å². The smallest absolute Gasteiger partial charge is 0.256 e. The second-order valence-electron chi connectivity index (χ2n) is 8.77. The Morgan fingerprint density at radius 3 is 1.92 bits per heavy atom. The maximum Gasteiger partial charge on any atom is 0.256 e. The quantitative estimate of drug-likeness (QED) is 0.304. The van der Waals surface area contributed by atoms with Crippen molar-refractivity contribution in [3.8, 4) is 0 Å². The molecule has 7 nitrogen and oxygen atoms in total. The molecule has 0 fully saturated rings. The molecule has 1 amide bonds. The van der Waals surface area contributed by atoms with Crippen LogP contribution >= 0.6 is 0 Å². The molecule has 8 heteroatoms. The normalized spacial score (nSPS) is 11.6. The highest BCUT2D eigenvalue weighted by Gasteiger charge is 2.32. The van der Waals surface area contributed by atoms with Gasteiger partial charge < -0.3 is 9.88 Å². The van der Waals surface area contributed by atoms with Crippen molar-refractivity contribution in [3.63, 3.8) is 0 Å². The lowest BCUT2D eigenvalue weighted by Crippen LogP contribution is -2.18. The first-order chi connectivity index (χ1) is 18.5. The molecule has 2 aromatic heterocycles. The van der Waals surface area contributed by atoms with E-state index in [2.05, 4.69) is 5.32 Å². The zero-order valence-corrected chi connectivity index (χ0v) is 21.0.